The summed E-state index contributed by atoms with van der Waals surface area (Å²) in [6.45, 7) is 4.56. The van der Waals surface area contributed by atoms with Gasteiger partial charge in [0.25, 0.3) is 5.56 Å². The minimum Gasteiger partial charge on any atom is -0.443 e. The summed E-state index contributed by atoms with van der Waals surface area (Å²) >= 11 is 5.89. The number of imidazole rings is 1. The van der Waals surface area contributed by atoms with Crippen LogP contribution in [0.3, 0.4) is 0 Å². The summed E-state index contributed by atoms with van der Waals surface area (Å²) in [7, 11) is 0. The maximum absolute atomic E-state index is 12.8. The van der Waals surface area contributed by atoms with Crippen LogP contribution in [0.25, 0.3) is 16.9 Å². The van der Waals surface area contributed by atoms with Gasteiger partial charge in [0.1, 0.15) is 6.33 Å². The van der Waals surface area contributed by atoms with Gasteiger partial charge in [0.05, 0.1) is 5.41 Å². The van der Waals surface area contributed by atoms with Gasteiger partial charge in [-0.15, -0.1) is 0 Å². The molecule has 0 saturated heterocycles. The summed E-state index contributed by atoms with van der Waals surface area (Å²) in [5.41, 5.74) is -1.10. The van der Waals surface area contributed by atoms with E-state index in [1.807, 2.05) is 0 Å². The number of aromatic nitrogens is 4. The predicted molar refractivity (Wildman–Crippen MR) is 96.5 cm³/mol. The summed E-state index contributed by atoms with van der Waals surface area (Å²) in [6, 6.07) is 6.80. The van der Waals surface area contributed by atoms with Gasteiger partial charge in [-0.05, 0) is 45.0 Å². The van der Waals surface area contributed by atoms with Crippen LogP contribution in [0.15, 0.2) is 40.2 Å². The summed E-state index contributed by atoms with van der Waals surface area (Å²) < 4.78 is 7.45. The summed E-state index contributed by atoms with van der Waals surface area (Å²) in [6.07, 6.45) is 1.43. The number of hydrogen-bond acceptors (Lipinski definition) is 5. The highest BCUT2D eigenvalue weighted by molar-refractivity contribution is 6.30. The Labute approximate surface area is 153 Å². The first kappa shape index (κ1) is 17.9. The molecular formula is C17H17ClN4O4. The molecule has 0 amide bonds. The zero-order chi connectivity index (χ0) is 19.1. The lowest BCUT2D eigenvalue weighted by Crippen LogP contribution is -2.38. The van der Waals surface area contributed by atoms with E-state index in [-0.39, 0.29) is 11.2 Å². The highest BCUT2D eigenvalue weighted by Crippen LogP contribution is 2.17. The van der Waals surface area contributed by atoms with Crippen molar-refractivity contribution >= 4 is 28.7 Å². The van der Waals surface area contributed by atoms with E-state index in [0.717, 1.165) is 4.57 Å². The highest BCUT2D eigenvalue weighted by atomic mass is 35.5. The number of nitrogens with zero attached hydrogens (tertiary/aromatic N) is 3. The topological polar surface area (TPSA) is 99.0 Å². The molecular weight excluding hydrogens is 360 g/mol. The number of hydrogen-bond donors (Lipinski definition) is 1. The molecule has 9 heteroatoms. The highest BCUT2D eigenvalue weighted by Gasteiger charge is 2.24. The van der Waals surface area contributed by atoms with E-state index in [1.165, 1.54) is 10.9 Å². The molecule has 1 N–H and O–H groups in total. The van der Waals surface area contributed by atoms with Gasteiger partial charge in [0.15, 0.2) is 17.9 Å². The standard InChI is InChI=1S/C17H17ClN4O4/c1-17(2,3)15(24)26-9-22-14(23)12-13(20-16(22)25)19-8-21(12)11-6-4-10(18)5-7-11/h4-8H,9H2,1-3H3,(H,20,25). The summed E-state index contributed by atoms with van der Waals surface area (Å²) in [5, 5.41) is 0.554. The number of esters is 1. The number of fused-ring (bicyclic) bond motifs is 1. The van der Waals surface area contributed by atoms with Crippen LogP contribution in [0.5, 0.6) is 0 Å². The SMILES string of the molecule is CC(C)(C)C(=O)OCn1c(=O)[nH]c2ncn(-c3ccc(Cl)cc3)c2c1=O. The van der Waals surface area contributed by atoms with Crippen molar-refractivity contribution in [2.45, 2.75) is 27.5 Å². The second kappa shape index (κ2) is 6.45. The van der Waals surface area contributed by atoms with Crippen LogP contribution in [0, 0.1) is 5.41 Å². The zero-order valence-electron chi connectivity index (χ0n) is 14.4. The average Bonchev–Trinajstić information content (AvgIpc) is 2.98. The van der Waals surface area contributed by atoms with E-state index in [1.54, 1.807) is 45.0 Å². The maximum atomic E-state index is 12.8. The van der Waals surface area contributed by atoms with Gasteiger partial charge in [-0.3, -0.25) is 19.1 Å². The van der Waals surface area contributed by atoms with Crippen molar-refractivity contribution in [3.8, 4) is 5.69 Å². The molecule has 0 aliphatic heterocycles. The number of carbonyl (C=O) groups is 1. The molecule has 1 aromatic carbocycles. The van der Waals surface area contributed by atoms with Crippen LogP contribution in [-0.2, 0) is 16.3 Å². The molecule has 0 bridgehead atoms. The molecule has 0 radical (unpaired) electrons. The van der Waals surface area contributed by atoms with Gasteiger partial charge >= 0.3 is 11.7 Å². The van der Waals surface area contributed by atoms with Gasteiger partial charge in [-0.25, -0.2) is 14.3 Å². The van der Waals surface area contributed by atoms with Crippen LogP contribution < -0.4 is 11.2 Å². The van der Waals surface area contributed by atoms with Crippen LogP contribution in [-0.4, -0.2) is 25.1 Å². The summed E-state index contributed by atoms with van der Waals surface area (Å²) in [4.78, 5) is 43.5. The number of ether oxygens (including phenoxy) is 1. The lowest BCUT2D eigenvalue weighted by atomic mass is 9.98. The molecule has 0 aliphatic carbocycles. The van der Waals surface area contributed by atoms with Gasteiger partial charge in [0, 0.05) is 10.7 Å². The van der Waals surface area contributed by atoms with E-state index in [0.29, 0.717) is 10.7 Å². The van der Waals surface area contributed by atoms with Crippen molar-refractivity contribution in [3.63, 3.8) is 0 Å². The number of H-pyrrole nitrogens is 1. The third kappa shape index (κ3) is 3.28. The Kier molecular flexibility index (Phi) is 4.45. The molecule has 0 saturated carbocycles. The van der Waals surface area contributed by atoms with Gasteiger partial charge in [-0.1, -0.05) is 11.6 Å². The van der Waals surface area contributed by atoms with Gasteiger partial charge in [0.2, 0.25) is 0 Å². The molecule has 0 atom stereocenters. The monoisotopic (exact) mass is 376 g/mol. The second-order valence-electron chi connectivity index (χ2n) is 6.76. The van der Waals surface area contributed by atoms with Gasteiger partial charge < -0.3 is 4.74 Å². The Hall–Kier alpha value is -2.87. The number of benzene rings is 1. The number of aromatic amines is 1. The summed E-state index contributed by atoms with van der Waals surface area (Å²) in [5.74, 6) is -0.518. The molecule has 0 spiro atoms. The van der Waals surface area contributed by atoms with Crippen LogP contribution in [0.1, 0.15) is 20.8 Å². The fraction of sp³-hybridized carbons (Fsp3) is 0.294. The molecule has 3 rings (SSSR count). The fourth-order valence-corrected chi connectivity index (χ4v) is 2.41. The van der Waals surface area contributed by atoms with Gasteiger partial charge in [-0.2, -0.15) is 0 Å². The smallest absolute Gasteiger partial charge is 0.332 e. The third-order valence-electron chi connectivity index (χ3n) is 3.73. The molecule has 2 heterocycles. The Morgan fingerprint density at radius 3 is 2.50 bits per heavy atom. The first-order chi connectivity index (χ1) is 12.2. The molecule has 26 heavy (non-hydrogen) atoms. The molecule has 0 unspecified atom stereocenters. The van der Waals surface area contributed by atoms with Crippen molar-refractivity contribution in [1.29, 1.82) is 0 Å². The quantitative estimate of drug-likeness (QED) is 0.705. The fourth-order valence-electron chi connectivity index (χ4n) is 2.29. The minimum atomic E-state index is -0.744. The van der Waals surface area contributed by atoms with Crippen molar-refractivity contribution in [2.75, 3.05) is 0 Å². The molecule has 0 fully saturated rings. The first-order valence-corrected chi connectivity index (χ1v) is 8.19. The Morgan fingerprint density at radius 2 is 1.88 bits per heavy atom. The number of nitrogens with one attached hydrogen (secondary N) is 1. The Bertz CT molecular complexity index is 1090. The van der Waals surface area contributed by atoms with Crippen LogP contribution in [0.2, 0.25) is 5.02 Å². The average molecular weight is 377 g/mol. The van der Waals surface area contributed by atoms with Crippen LogP contribution >= 0.6 is 11.6 Å². The molecule has 3 aromatic rings. The van der Waals surface area contributed by atoms with E-state index >= 15 is 0 Å². The van der Waals surface area contributed by atoms with E-state index in [4.69, 9.17) is 16.3 Å². The maximum Gasteiger partial charge on any atom is 0.332 e. The van der Waals surface area contributed by atoms with Crippen molar-refractivity contribution < 1.29 is 9.53 Å². The van der Waals surface area contributed by atoms with Crippen molar-refractivity contribution in [2.24, 2.45) is 5.41 Å². The van der Waals surface area contributed by atoms with Crippen LogP contribution in [0.4, 0.5) is 0 Å². The number of halogens is 1. The Balaban J connectivity index is 2.07. The number of rotatable bonds is 3. The van der Waals surface area contributed by atoms with E-state index in [2.05, 4.69) is 9.97 Å². The predicted octanol–water partition coefficient (Wildman–Crippen LogP) is 2.08. The van der Waals surface area contributed by atoms with E-state index < -0.39 is 29.4 Å². The number of carbonyl (C=O) groups excluding carboxylic acids is 1. The second-order valence-corrected chi connectivity index (χ2v) is 7.20. The minimum absolute atomic E-state index is 0.147. The van der Waals surface area contributed by atoms with E-state index in [9.17, 15) is 14.4 Å². The molecule has 2 aromatic heterocycles. The van der Waals surface area contributed by atoms with Crippen molar-refractivity contribution in [3.05, 3.63) is 56.5 Å². The normalized spacial score (nSPS) is 11.7. The zero-order valence-corrected chi connectivity index (χ0v) is 15.2. The van der Waals surface area contributed by atoms with Crippen molar-refractivity contribution in [1.82, 2.24) is 19.1 Å². The largest absolute Gasteiger partial charge is 0.443 e. The lowest BCUT2D eigenvalue weighted by Gasteiger charge is -2.16. The molecule has 136 valence electrons. The first-order valence-electron chi connectivity index (χ1n) is 7.82. The Morgan fingerprint density at radius 1 is 1.23 bits per heavy atom. The third-order valence-corrected chi connectivity index (χ3v) is 3.98. The lowest BCUT2D eigenvalue weighted by molar-refractivity contribution is -0.157. The molecule has 8 nitrogen and oxygen atoms in total. The molecule has 0 aliphatic rings.